The van der Waals surface area contributed by atoms with E-state index in [1.54, 1.807) is 12.5 Å². The fourth-order valence-electron chi connectivity index (χ4n) is 5.20. The molecule has 0 saturated heterocycles. The number of nitrogens with one attached hydrogen (secondary N) is 1. The van der Waals surface area contributed by atoms with Gasteiger partial charge in [0.05, 0.1) is 29.9 Å². The molecule has 0 aliphatic heterocycles. The SMILES string of the molecule is CC(n1cc(-c2ncnc3c2ccn3COCC[Si](C)(C)C)cn1)C1(CNC(=O)O)CCCC1C#N. The lowest BCUT2D eigenvalue weighted by Gasteiger charge is -2.38. The zero-order valence-electron chi connectivity index (χ0n) is 21.4. The van der Waals surface area contributed by atoms with Crippen molar-refractivity contribution in [3.63, 3.8) is 0 Å². The molecule has 1 aliphatic rings. The first-order chi connectivity index (χ1) is 17.1. The number of carbonyl (C=O) groups is 1. The number of aromatic nitrogens is 5. The van der Waals surface area contributed by atoms with Crippen LogP contribution in [-0.2, 0) is 11.5 Å². The molecule has 36 heavy (non-hydrogen) atoms. The normalized spacial score (nSPS) is 20.9. The monoisotopic (exact) mass is 509 g/mol. The van der Waals surface area contributed by atoms with Crippen LogP contribution < -0.4 is 5.32 Å². The molecular weight excluding hydrogens is 474 g/mol. The topological polar surface area (TPSA) is 131 Å². The molecule has 2 N–H and O–H groups in total. The van der Waals surface area contributed by atoms with Crippen LogP contribution in [-0.4, -0.2) is 56.7 Å². The van der Waals surface area contributed by atoms with E-state index in [1.165, 1.54) is 0 Å². The first-order valence-electron chi connectivity index (χ1n) is 12.4. The van der Waals surface area contributed by atoms with Crippen molar-refractivity contribution in [1.29, 1.82) is 5.26 Å². The van der Waals surface area contributed by atoms with Crippen molar-refractivity contribution in [1.82, 2.24) is 29.6 Å². The Hall–Kier alpha value is -3.23. The predicted molar refractivity (Wildman–Crippen MR) is 139 cm³/mol. The number of amides is 1. The molecule has 192 valence electrons. The number of nitriles is 1. The van der Waals surface area contributed by atoms with Gasteiger partial charge in [-0.2, -0.15) is 10.4 Å². The minimum atomic E-state index is -1.15. The standard InChI is InChI=1S/C25H35N7O3Si/c1-18(25(15-27-24(33)34)8-5-6-20(25)12-26)32-14-19(13-30-32)22-21-7-9-31(23(21)29-16-28-22)17-35-10-11-36(2,3)4/h7,9,13-14,16,18,20,27H,5-6,8,10-11,15,17H2,1-4H3,(H,33,34). The van der Waals surface area contributed by atoms with E-state index in [2.05, 4.69) is 46.1 Å². The van der Waals surface area contributed by atoms with Crippen LogP contribution in [0.5, 0.6) is 0 Å². The van der Waals surface area contributed by atoms with Gasteiger partial charge in [0.25, 0.3) is 0 Å². The van der Waals surface area contributed by atoms with Crippen molar-refractivity contribution in [2.75, 3.05) is 13.2 Å². The van der Waals surface area contributed by atoms with Gasteiger partial charge in [-0.15, -0.1) is 0 Å². The van der Waals surface area contributed by atoms with Crippen LogP contribution in [0, 0.1) is 22.7 Å². The number of hydrogen-bond acceptors (Lipinski definition) is 6. The van der Waals surface area contributed by atoms with Gasteiger partial charge in [-0.1, -0.05) is 26.1 Å². The number of ether oxygens (including phenoxy) is 1. The van der Waals surface area contributed by atoms with Crippen molar-refractivity contribution >= 4 is 25.2 Å². The Bertz CT molecular complexity index is 1260. The minimum absolute atomic E-state index is 0.174. The number of hydrogen-bond donors (Lipinski definition) is 2. The van der Waals surface area contributed by atoms with E-state index in [0.717, 1.165) is 54.2 Å². The average molecular weight is 510 g/mol. The van der Waals surface area contributed by atoms with Gasteiger partial charge in [0, 0.05) is 50.0 Å². The maximum atomic E-state index is 11.3. The highest BCUT2D eigenvalue weighted by Gasteiger charge is 2.48. The van der Waals surface area contributed by atoms with Crippen molar-refractivity contribution < 1.29 is 14.6 Å². The Labute approximate surface area is 212 Å². The highest BCUT2D eigenvalue weighted by Crippen LogP contribution is 2.50. The molecule has 3 aromatic rings. The molecule has 3 aromatic heterocycles. The summed E-state index contributed by atoms with van der Waals surface area (Å²) in [5.74, 6) is -0.243. The van der Waals surface area contributed by atoms with Gasteiger partial charge in [0.2, 0.25) is 0 Å². The Morgan fingerprint density at radius 1 is 1.42 bits per heavy atom. The molecule has 1 fully saturated rings. The lowest BCUT2D eigenvalue weighted by atomic mass is 9.72. The average Bonchev–Trinajstić information content (AvgIpc) is 3.58. The summed E-state index contributed by atoms with van der Waals surface area (Å²) >= 11 is 0. The summed E-state index contributed by atoms with van der Waals surface area (Å²) in [4.78, 5) is 20.3. The highest BCUT2D eigenvalue weighted by atomic mass is 28.3. The Kier molecular flexibility index (Phi) is 7.47. The maximum absolute atomic E-state index is 11.3. The van der Waals surface area contributed by atoms with Crippen LogP contribution >= 0.6 is 0 Å². The molecule has 0 spiro atoms. The van der Waals surface area contributed by atoms with Crippen LogP contribution in [0.15, 0.2) is 31.0 Å². The van der Waals surface area contributed by atoms with Crippen LogP contribution in [0.3, 0.4) is 0 Å². The van der Waals surface area contributed by atoms with Gasteiger partial charge in [-0.3, -0.25) is 4.68 Å². The van der Waals surface area contributed by atoms with Gasteiger partial charge >= 0.3 is 6.09 Å². The largest absolute Gasteiger partial charge is 0.465 e. The van der Waals surface area contributed by atoms with E-state index in [0.29, 0.717) is 6.73 Å². The summed E-state index contributed by atoms with van der Waals surface area (Å²) in [5.41, 5.74) is 1.91. The summed E-state index contributed by atoms with van der Waals surface area (Å²) in [7, 11) is -1.15. The van der Waals surface area contributed by atoms with Gasteiger partial charge in [0.1, 0.15) is 18.7 Å². The third-order valence-corrected chi connectivity index (χ3v) is 9.14. The van der Waals surface area contributed by atoms with Gasteiger partial charge in [-0.25, -0.2) is 14.8 Å². The van der Waals surface area contributed by atoms with E-state index in [9.17, 15) is 15.2 Å². The zero-order chi connectivity index (χ0) is 25.9. The summed E-state index contributed by atoms with van der Waals surface area (Å²) in [6, 6.07) is 5.35. The number of carboxylic acid groups (broad SMARTS) is 1. The fraction of sp³-hybridized carbons (Fsp3) is 0.560. The molecule has 1 aliphatic carbocycles. The lowest BCUT2D eigenvalue weighted by Crippen LogP contribution is -2.44. The molecule has 1 saturated carbocycles. The van der Waals surface area contributed by atoms with E-state index in [4.69, 9.17) is 4.74 Å². The molecule has 3 heterocycles. The lowest BCUT2D eigenvalue weighted by molar-refractivity contribution is 0.0899. The summed E-state index contributed by atoms with van der Waals surface area (Å²) in [6.45, 7) is 10.4. The molecule has 10 nitrogen and oxygen atoms in total. The van der Waals surface area contributed by atoms with Gasteiger partial charge in [-0.05, 0) is 31.9 Å². The molecule has 0 aromatic carbocycles. The first-order valence-corrected chi connectivity index (χ1v) is 16.1. The molecular formula is C25H35N7O3Si. The molecule has 1 amide bonds. The van der Waals surface area contributed by atoms with Gasteiger partial charge < -0.3 is 19.7 Å². The smallest absolute Gasteiger partial charge is 0.404 e. The quantitative estimate of drug-likeness (QED) is 0.298. The molecule has 0 radical (unpaired) electrons. The summed E-state index contributed by atoms with van der Waals surface area (Å²) < 4.78 is 9.75. The van der Waals surface area contributed by atoms with E-state index in [1.807, 2.05) is 34.6 Å². The van der Waals surface area contributed by atoms with Crippen LogP contribution in [0.4, 0.5) is 4.79 Å². The number of fused-ring (bicyclic) bond motifs is 1. The van der Waals surface area contributed by atoms with E-state index in [-0.39, 0.29) is 18.5 Å². The van der Waals surface area contributed by atoms with Gasteiger partial charge in [0.15, 0.2) is 0 Å². The van der Waals surface area contributed by atoms with Crippen molar-refractivity contribution in [3.05, 3.63) is 31.0 Å². The number of rotatable bonds is 10. The summed E-state index contributed by atoms with van der Waals surface area (Å²) in [6.07, 6.45) is 8.56. The van der Waals surface area contributed by atoms with E-state index < -0.39 is 19.6 Å². The van der Waals surface area contributed by atoms with Crippen LogP contribution in [0.25, 0.3) is 22.3 Å². The van der Waals surface area contributed by atoms with Crippen molar-refractivity contribution in [2.24, 2.45) is 11.3 Å². The molecule has 3 unspecified atom stereocenters. The van der Waals surface area contributed by atoms with Crippen LogP contribution in [0.1, 0.15) is 32.2 Å². The molecule has 0 bridgehead atoms. The van der Waals surface area contributed by atoms with Crippen molar-refractivity contribution in [3.8, 4) is 17.3 Å². The minimum Gasteiger partial charge on any atom is -0.465 e. The Morgan fingerprint density at radius 2 is 2.22 bits per heavy atom. The fourth-order valence-corrected chi connectivity index (χ4v) is 5.96. The second kappa shape index (κ2) is 10.4. The molecule has 11 heteroatoms. The highest BCUT2D eigenvalue weighted by molar-refractivity contribution is 6.76. The molecule has 4 rings (SSSR count). The molecule has 3 atom stereocenters. The second-order valence-electron chi connectivity index (χ2n) is 10.9. The Balaban J connectivity index is 1.57. The van der Waals surface area contributed by atoms with Crippen molar-refractivity contribution in [2.45, 2.75) is 64.6 Å². The van der Waals surface area contributed by atoms with E-state index >= 15 is 0 Å². The zero-order valence-corrected chi connectivity index (χ0v) is 22.4. The third kappa shape index (κ3) is 5.29. The Morgan fingerprint density at radius 3 is 2.94 bits per heavy atom. The second-order valence-corrected chi connectivity index (χ2v) is 16.6. The van der Waals surface area contributed by atoms with Crippen LogP contribution in [0.2, 0.25) is 25.7 Å². The first kappa shape index (κ1) is 25.8. The maximum Gasteiger partial charge on any atom is 0.404 e. The third-order valence-electron chi connectivity index (χ3n) is 7.44. The predicted octanol–water partition coefficient (Wildman–Crippen LogP) is 4.75. The summed E-state index contributed by atoms with van der Waals surface area (Å²) in [5, 5.41) is 27.1. The number of nitrogens with zero attached hydrogens (tertiary/aromatic N) is 6.